The van der Waals surface area contributed by atoms with Crippen LogP contribution in [0, 0.1) is 20.8 Å². The van der Waals surface area contributed by atoms with Crippen molar-refractivity contribution in [3.8, 4) is 5.82 Å². The number of nitrogens with zero attached hydrogens (tertiary/aromatic N) is 2. The lowest BCUT2D eigenvalue weighted by Crippen LogP contribution is -2.04. The molecular formula is C16H20N2. The second-order valence-electron chi connectivity index (χ2n) is 4.77. The average molecular weight is 240 g/mol. The Hall–Kier alpha value is -1.83. The Morgan fingerprint density at radius 2 is 1.83 bits per heavy atom. The van der Waals surface area contributed by atoms with Gasteiger partial charge < -0.3 is 4.57 Å². The highest BCUT2D eigenvalue weighted by molar-refractivity contribution is 5.35. The fourth-order valence-corrected chi connectivity index (χ4v) is 2.24. The molecule has 94 valence electrons. The van der Waals surface area contributed by atoms with E-state index in [0.29, 0.717) is 0 Å². The highest BCUT2D eigenvalue weighted by atomic mass is 15.1. The van der Waals surface area contributed by atoms with E-state index in [4.69, 9.17) is 4.98 Å². The predicted octanol–water partition coefficient (Wildman–Crippen LogP) is 3.92. The van der Waals surface area contributed by atoms with Crippen molar-refractivity contribution in [2.75, 3.05) is 0 Å². The normalized spacial score (nSPS) is 10.6. The van der Waals surface area contributed by atoms with Crippen LogP contribution in [0.2, 0.25) is 0 Å². The first-order chi connectivity index (χ1) is 8.61. The van der Waals surface area contributed by atoms with E-state index in [9.17, 15) is 0 Å². The molecule has 2 rings (SSSR count). The van der Waals surface area contributed by atoms with Gasteiger partial charge in [-0.05, 0) is 63.4 Å². The summed E-state index contributed by atoms with van der Waals surface area (Å²) in [6.45, 7) is 10.1. The molecule has 0 N–H and O–H groups in total. The lowest BCUT2D eigenvalue weighted by atomic mass is 10.1. The van der Waals surface area contributed by atoms with Crippen LogP contribution in [-0.2, 0) is 6.42 Å². The highest BCUT2D eigenvalue weighted by Crippen LogP contribution is 2.17. The van der Waals surface area contributed by atoms with Crippen LogP contribution in [0.1, 0.15) is 29.1 Å². The second kappa shape index (κ2) is 5.21. The van der Waals surface area contributed by atoms with Gasteiger partial charge in [0.25, 0.3) is 0 Å². The molecule has 2 aromatic rings. The minimum absolute atomic E-state index is 0.956. The molecule has 0 amide bonds. The summed E-state index contributed by atoms with van der Waals surface area (Å²) in [6, 6.07) is 8.55. The van der Waals surface area contributed by atoms with Crippen molar-refractivity contribution >= 4 is 0 Å². The largest absolute Gasteiger partial charge is 0.303 e. The van der Waals surface area contributed by atoms with Gasteiger partial charge in [0.05, 0.1) is 0 Å². The van der Waals surface area contributed by atoms with Gasteiger partial charge in [-0.15, -0.1) is 6.58 Å². The van der Waals surface area contributed by atoms with E-state index in [1.807, 2.05) is 6.08 Å². The third-order valence-corrected chi connectivity index (χ3v) is 3.11. The molecule has 2 aromatic heterocycles. The number of rotatable bonds is 4. The Morgan fingerprint density at radius 3 is 2.44 bits per heavy atom. The zero-order chi connectivity index (χ0) is 13.1. The van der Waals surface area contributed by atoms with E-state index >= 15 is 0 Å². The van der Waals surface area contributed by atoms with Gasteiger partial charge in [-0.25, -0.2) is 4.98 Å². The number of pyridine rings is 1. The molecule has 0 atom stereocenters. The first-order valence-corrected chi connectivity index (χ1v) is 6.35. The molecule has 0 bridgehead atoms. The number of aromatic nitrogens is 2. The fourth-order valence-electron chi connectivity index (χ4n) is 2.24. The molecule has 0 saturated heterocycles. The van der Waals surface area contributed by atoms with Crippen molar-refractivity contribution in [2.24, 2.45) is 0 Å². The molecule has 2 nitrogen and oxygen atoms in total. The van der Waals surface area contributed by atoms with E-state index in [2.05, 4.69) is 56.2 Å². The fraction of sp³-hybridized carbons (Fsp3) is 0.312. The van der Waals surface area contributed by atoms with Gasteiger partial charge in [0.15, 0.2) is 0 Å². The first kappa shape index (κ1) is 12.6. The van der Waals surface area contributed by atoms with E-state index in [0.717, 1.165) is 24.4 Å². The van der Waals surface area contributed by atoms with Crippen LogP contribution in [0.25, 0.3) is 5.82 Å². The van der Waals surface area contributed by atoms with Crippen molar-refractivity contribution in [3.63, 3.8) is 0 Å². The zero-order valence-corrected chi connectivity index (χ0v) is 11.4. The van der Waals surface area contributed by atoms with Crippen LogP contribution in [0.3, 0.4) is 0 Å². The third kappa shape index (κ3) is 2.53. The van der Waals surface area contributed by atoms with Gasteiger partial charge in [0.1, 0.15) is 5.82 Å². The Kier molecular flexibility index (Phi) is 3.66. The maximum absolute atomic E-state index is 4.75. The van der Waals surface area contributed by atoms with Crippen molar-refractivity contribution in [1.82, 2.24) is 9.55 Å². The number of hydrogen-bond acceptors (Lipinski definition) is 1. The smallest absolute Gasteiger partial charge is 0.137 e. The number of allylic oxidation sites excluding steroid dienone is 1. The lowest BCUT2D eigenvalue weighted by molar-refractivity contribution is 0.872. The summed E-state index contributed by atoms with van der Waals surface area (Å²) in [5.74, 6) is 1.02. The maximum atomic E-state index is 4.75. The van der Waals surface area contributed by atoms with Gasteiger partial charge in [-0.2, -0.15) is 0 Å². The molecular weight excluding hydrogens is 220 g/mol. The first-order valence-electron chi connectivity index (χ1n) is 6.35. The molecule has 0 radical (unpaired) electrons. The van der Waals surface area contributed by atoms with E-state index in [-0.39, 0.29) is 0 Å². The van der Waals surface area contributed by atoms with E-state index in [1.54, 1.807) is 0 Å². The number of aryl methyl sites for hydroxylation is 4. The molecule has 0 fully saturated rings. The Bertz CT molecular complexity index is 545. The summed E-state index contributed by atoms with van der Waals surface area (Å²) >= 11 is 0. The van der Waals surface area contributed by atoms with Gasteiger partial charge >= 0.3 is 0 Å². The van der Waals surface area contributed by atoms with Crippen molar-refractivity contribution in [1.29, 1.82) is 0 Å². The molecule has 0 aromatic carbocycles. The molecule has 2 heterocycles. The summed E-state index contributed by atoms with van der Waals surface area (Å²) in [5, 5.41) is 0. The van der Waals surface area contributed by atoms with Crippen LogP contribution in [0.5, 0.6) is 0 Å². The summed E-state index contributed by atoms with van der Waals surface area (Å²) in [4.78, 5) is 4.75. The van der Waals surface area contributed by atoms with Crippen LogP contribution in [0.15, 0.2) is 36.9 Å². The minimum atomic E-state index is 0.956. The zero-order valence-electron chi connectivity index (χ0n) is 11.4. The van der Waals surface area contributed by atoms with Crippen LogP contribution in [0.4, 0.5) is 0 Å². The summed E-state index contributed by atoms with van der Waals surface area (Å²) in [6.07, 6.45) is 3.87. The predicted molar refractivity (Wildman–Crippen MR) is 76.3 cm³/mol. The Balaban J connectivity index is 2.45. The monoisotopic (exact) mass is 240 g/mol. The van der Waals surface area contributed by atoms with E-state index < -0.39 is 0 Å². The van der Waals surface area contributed by atoms with Crippen LogP contribution >= 0.6 is 0 Å². The molecule has 2 heteroatoms. The molecule has 0 aliphatic carbocycles. The third-order valence-electron chi connectivity index (χ3n) is 3.11. The average Bonchev–Trinajstić information content (AvgIpc) is 2.66. The van der Waals surface area contributed by atoms with Gasteiger partial charge in [0, 0.05) is 17.1 Å². The summed E-state index contributed by atoms with van der Waals surface area (Å²) in [5.41, 5.74) is 4.84. The van der Waals surface area contributed by atoms with Crippen molar-refractivity contribution in [3.05, 3.63) is 59.6 Å². The Labute approximate surface area is 109 Å². The van der Waals surface area contributed by atoms with E-state index in [1.165, 1.54) is 17.0 Å². The van der Waals surface area contributed by atoms with Gasteiger partial charge in [-0.3, -0.25) is 0 Å². The summed E-state index contributed by atoms with van der Waals surface area (Å²) in [7, 11) is 0. The quantitative estimate of drug-likeness (QED) is 0.741. The molecule has 18 heavy (non-hydrogen) atoms. The van der Waals surface area contributed by atoms with Crippen LogP contribution < -0.4 is 0 Å². The van der Waals surface area contributed by atoms with Crippen molar-refractivity contribution in [2.45, 2.75) is 33.6 Å². The van der Waals surface area contributed by atoms with Gasteiger partial charge in [-0.1, -0.05) is 6.08 Å². The SMILES string of the molecule is C=CCCc1cc(C)cc(-n2c(C)ccc2C)n1. The highest BCUT2D eigenvalue weighted by Gasteiger charge is 2.07. The lowest BCUT2D eigenvalue weighted by Gasteiger charge is -2.11. The maximum Gasteiger partial charge on any atom is 0.137 e. The molecule has 0 unspecified atom stereocenters. The molecule has 0 spiro atoms. The topological polar surface area (TPSA) is 17.8 Å². The minimum Gasteiger partial charge on any atom is -0.303 e. The van der Waals surface area contributed by atoms with Crippen LogP contribution in [-0.4, -0.2) is 9.55 Å². The standard InChI is InChI=1S/C16H20N2/c1-5-6-7-15-10-12(2)11-16(17-15)18-13(3)8-9-14(18)4/h5,8-11H,1,6-7H2,2-4H3. The molecule has 0 saturated carbocycles. The molecule has 0 aliphatic rings. The second-order valence-corrected chi connectivity index (χ2v) is 4.77. The molecule has 0 aliphatic heterocycles. The summed E-state index contributed by atoms with van der Waals surface area (Å²) < 4.78 is 2.20. The van der Waals surface area contributed by atoms with Crippen molar-refractivity contribution < 1.29 is 0 Å². The van der Waals surface area contributed by atoms with Gasteiger partial charge in [0.2, 0.25) is 0 Å². The number of hydrogen-bond donors (Lipinski definition) is 0. The Morgan fingerprint density at radius 1 is 1.17 bits per heavy atom.